The lowest BCUT2D eigenvalue weighted by Crippen LogP contribution is -2.43. The molecule has 1 aliphatic heterocycles. The number of likely N-dealkylation sites (N-methyl/N-ethyl adjacent to an activating group) is 1. The molecule has 2 aromatic heterocycles. The Kier molecular flexibility index (Phi) is 13.5. The summed E-state index contributed by atoms with van der Waals surface area (Å²) in [5, 5.41) is 24.0. The summed E-state index contributed by atoms with van der Waals surface area (Å²) in [5.74, 6) is -0.781. The van der Waals surface area contributed by atoms with Crippen molar-refractivity contribution in [3.05, 3.63) is 95.9 Å². The van der Waals surface area contributed by atoms with Crippen LogP contribution in [0.25, 0.3) is 11.3 Å². The molecule has 1 fully saturated rings. The van der Waals surface area contributed by atoms with Gasteiger partial charge in [-0.15, -0.1) is 0 Å². The Morgan fingerprint density at radius 1 is 1.04 bits per heavy atom. The van der Waals surface area contributed by atoms with Gasteiger partial charge in [-0.1, -0.05) is 18.2 Å². The molecule has 1 amide bonds. The number of amides is 1. The van der Waals surface area contributed by atoms with Gasteiger partial charge in [0.2, 0.25) is 5.95 Å². The van der Waals surface area contributed by atoms with Crippen molar-refractivity contribution in [2.24, 2.45) is 11.5 Å². The molecule has 9 N–H and O–H groups in total. The number of nitrogens with two attached hydrogens (primary N) is 2. The second kappa shape index (κ2) is 18.2. The zero-order chi connectivity index (χ0) is 35.2. The molecule has 14 nitrogen and oxygen atoms in total. The van der Waals surface area contributed by atoms with E-state index in [4.69, 9.17) is 22.0 Å². The van der Waals surface area contributed by atoms with Gasteiger partial charge in [0, 0.05) is 80.4 Å². The van der Waals surface area contributed by atoms with E-state index in [0.29, 0.717) is 36.6 Å². The van der Waals surface area contributed by atoms with Gasteiger partial charge in [-0.05, 0) is 80.4 Å². The first kappa shape index (κ1) is 36.4. The Morgan fingerprint density at radius 2 is 1.80 bits per heavy atom. The van der Waals surface area contributed by atoms with Gasteiger partial charge in [-0.2, -0.15) is 0 Å². The minimum absolute atomic E-state index is 0.112. The summed E-state index contributed by atoms with van der Waals surface area (Å²) in [7, 11) is 2.16. The number of carbonyl (C=O) groups is 2. The van der Waals surface area contributed by atoms with E-state index in [0.717, 1.165) is 55.2 Å². The maximum Gasteiger partial charge on any atom is 0.320 e. The van der Waals surface area contributed by atoms with E-state index in [1.54, 1.807) is 18.6 Å². The highest BCUT2D eigenvalue weighted by atomic mass is 16.4. The summed E-state index contributed by atoms with van der Waals surface area (Å²) in [5.41, 5.74) is 16.3. The molecule has 0 radical (unpaired) electrons. The van der Waals surface area contributed by atoms with Crippen molar-refractivity contribution in [3.63, 3.8) is 0 Å². The summed E-state index contributed by atoms with van der Waals surface area (Å²) in [6.45, 7) is 7.72. The average Bonchev–Trinajstić information content (AvgIpc) is 3.10. The highest BCUT2D eigenvalue weighted by molar-refractivity contribution is 6.04. The average molecular weight is 668 g/mol. The molecule has 4 aromatic rings. The maximum absolute atomic E-state index is 12.9. The topological polar surface area (TPSA) is 212 Å². The van der Waals surface area contributed by atoms with Crippen molar-refractivity contribution < 1.29 is 14.7 Å². The van der Waals surface area contributed by atoms with Gasteiger partial charge in [0.15, 0.2) is 5.96 Å². The van der Waals surface area contributed by atoms with Gasteiger partial charge in [-0.3, -0.25) is 24.9 Å². The first-order valence-corrected chi connectivity index (χ1v) is 16.1. The zero-order valence-electron chi connectivity index (χ0n) is 27.9. The molecule has 0 saturated carbocycles. The molecule has 0 spiro atoms. The maximum atomic E-state index is 12.9. The summed E-state index contributed by atoms with van der Waals surface area (Å²) in [6.07, 6.45) is 6.19. The molecular weight excluding hydrogens is 622 g/mol. The Balaban J connectivity index is 0.000000386. The molecule has 1 unspecified atom stereocenters. The largest absolute Gasteiger partial charge is 0.480 e. The number of hydrogen-bond acceptors (Lipinski definition) is 10. The van der Waals surface area contributed by atoms with Gasteiger partial charge >= 0.3 is 5.97 Å². The predicted octanol–water partition coefficient (Wildman–Crippen LogP) is 3.25. The minimum atomic E-state index is -1.00. The highest BCUT2D eigenvalue weighted by Gasteiger charge is 2.15. The molecule has 0 bridgehead atoms. The second-order valence-electron chi connectivity index (χ2n) is 11.8. The first-order valence-electron chi connectivity index (χ1n) is 16.1. The van der Waals surface area contributed by atoms with Crippen LogP contribution in [0, 0.1) is 12.3 Å². The lowest BCUT2D eigenvalue weighted by atomic mass is 10.1. The van der Waals surface area contributed by atoms with Crippen LogP contribution in [0.5, 0.6) is 0 Å². The predicted molar refractivity (Wildman–Crippen MR) is 192 cm³/mol. The number of aliphatic carboxylic acids is 1. The van der Waals surface area contributed by atoms with Gasteiger partial charge in [0.05, 0.1) is 5.69 Å². The second-order valence-corrected chi connectivity index (χ2v) is 11.8. The highest BCUT2D eigenvalue weighted by Crippen LogP contribution is 2.25. The van der Waals surface area contributed by atoms with Crippen molar-refractivity contribution in [2.45, 2.75) is 32.4 Å². The van der Waals surface area contributed by atoms with Crippen LogP contribution in [0.4, 0.5) is 17.3 Å². The fraction of sp³-hybridized carbons (Fsp3) is 0.314. The van der Waals surface area contributed by atoms with Gasteiger partial charge in [0.1, 0.15) is 6.04 Å². The Morgan fingerprint density at radius 3 is 2.47 bits per heavy atom. The third kappa shape index (κ3) is 11.9. The number of nitrogens with one attached hydrogen (secondary N) is 4. The molecule has 1 saturated heterocycles. The molecule has 49 heavy (non-hydrogen) atoms. The van der Waals surface area contributed by atoms with Crippen molar-refractivity contribution in [1.82, 2.24) is 30.1 Å². The van der Waals surface area contributed by atoms with Crippen molar-refractivity contribution in [1.29, 1.82) is 5.41 Å². The van der Waals surface area contributed by atoms with Crippen molar-refractivity contribution in [2.75, 3.05) is 50.4 Å². The number of anilines is 3. The van der Waals surface area contributed by atoms with Crippen molar-refractivity contribution in [3.8, 4) is 11.3 Å². The van der Waals surface area contributed by atoms with Crippen LogP contribution in [0.15, 0.2) is 79.3 Å². The van der Waals surface area contributed by atoms with Crippen LogP contribution >= 0.6 is 0 Å². The number of rotatable bonds is 12. The number of hydrogen-bond donors (Lipinski definition) is 7. The molecule has 3 heterocycles. The number of nitrogens with zero attached hydrogens (tertiary/aromatic N) is 5. The summed E-state index contributed by atoms with van der Waals surface area (Å²) < 4.78 is 0. The van der Waals surface area contributed by atoms with Crippen LogP contribution in [-0.2, 0) is 11.3 Å². The lowest BCUT2D eigenvalue weighted by molar-refractivity contribution is -0.138. The number of carbonyl (C=O) groups excluding carboxylic acids is 1. The van der Waals surface area contributed by atoms with E-state index in [-0.39, 0.29) is 11.9 Å². The molecule has 258 valence electrons. The lowest BCUT2D eigenvalue weighted by Gasteiger charge is -2.32. The molecule has 5 rings (SSSR count). The molecular formula is C35H45N11O3. The van der Waals surface area contributed by atoms with Crippen LogP contribution in [-0.4, -0.2) is 93.5 Å². The number of aryl methyl sites for hydroxylation is 1. The number of aromatic nitrogens is 3. The van der Waals surface area contributed by atoms with E-state index < -0.39 is 12.0 Å². The van der Waals surface area contributed by atoms with Gasteiger partial charge < -0.3 is 37.4 Å². The van der Waals surface area contributed by atoms with E-state index in [2.05, 4.69) is 47.7 Å². The standard InChI is InChI=1S/C29H31N7O.C6H14N4O2/c1-21-5-10-25(18-27(21)34-29-31-13-11-26(33-29)24-4-3-12-30-19-24)32-28(37)23-8-6-22(7-9-23)20-36-16-14-35(2)15-17-36;7-4(5(11)12)2-1-3-10-6(8)9/h3-13,18-19H,14-17,20H2,1-2H3,(H,32,37)(H,31,33,34);4H,1-3,7H2,(H,11,12)(H4,8,9,10). The van der Waals surface area contributed by atoms with Crippen molar-refractivity contribution >= 4 is 35.2 Å². The molecule has 1 atom stereocenters. The number of guanidine groups is 1. The van der Waals surface area contributed by atoms with E-state index in [1.807, 2.05) is 67.6 Å². The molecule has 2 aromatic carbocycles. The van der Waals surface area contributed by atoms with E-state index in [9.17, 15) is 9.59 Å². The Labute approximate surface area is 286 Å². The van der Waals surface area contributed by atoms with Gasteiger partial charge in [0.25, 0.3) is 5.91 Å². The Bertz CT molecular complexity index is 1680. The van der Waals surface area contributed by atoms with E-state index >= 15 is 0 Å². The smallest absolute Gasteiger partial charge is 0.320 e. The Hall–Kier alpha value is -5.44. The first-order chi connectivity index (χ1) is 23.6. The van der Waals surface area contributed by atoms with E-state index in [1.165, 1.54) is 5.56 Å². The SMILES string of the molecule is Cc1ccc(NC(=O)c2ccc(CN3CCN(C)CC3)cc2)cc1Nc1nccc(-c2cccnc2)n1.N=C(N)NCCCC(N)C(=O)O. The number of carboxylic acids is 1. The van der Waals surface area contributed by atoms with Crippen LogP contribution in [0.3, 0.4) is 0 Å². The molecule has 14 heteroatoms. The minimum Gasteiger partial charge on any atom is -0.480 e. The molecule has 1 aliphatic rings. The van der Waals surface area contributed by atoms with Gasteiger partial charge in [-0.25, -0.2) is 9.97 Å². The summed E-state index contributed by atoms with van der Waals surface area (Å²) >= 11 is 0. The fourth-order valence-electron chi connectivity index (χ4n) is 4.95. The zero-order valence-corrected chi connectivity index (χ0v) is 27.9. The monoisotopic (exact) mass is 667 g/mol. The third-order valence-electron chi connectivity index (χ3n) is 7.90. The number of piperazine rings is 1. The summed E-state index contributed by atoms with van der Waals surface area (Å²) in [6, 6.07) is 18.5. The number of pyridine rings is 1. The molecule has 0 aliphatic carbocycles. The van der Waals surface area contributed by atoms with Crippen LogP contribution < -0.4 is 27.4 Å². The summed E-state index contributed by atoms with van der Waals surface area (Å²) in [4.78, 5) is 41.1. The number of benzene rings is 2. The normalized spacial score (nSPS) is 13.8. The number of carboxylic acid groups (broad SMARTS) is 1. The quantitative estimate of drug-likeness (QED) is 0.0659. The van der Waals surface area contributed by atoms with Crippen LogP contribution in [0.2, 0.25) is 0 Å². The van der Waals surface area contributed by atoms with Crippen LogP contribution in [0.1, 0.15) is 34.3 Å². The fourth-order valence-corrected chi connectivity index (χ4v) is 4.95. The third-order valence-corrected chi connectivity index (χ3v) is 7.90.